The third-order valence-electron chi connectivity index (χ3n) is 19.8. The molecule has 0 fully saturated rings. The molecular formula is C94H62Cl2N16Ru. The second kappa shape index (κ2) is 31.9. The molecule has 0 aliphatic rings. The normalized spacial score (nSPS) is 11.1. The van der Waals surface area contributed by atoms with Crippen LogP contribution in [-0.4, -0.2) is 78.9 Å². The third kappa shape index (κ3) is 13.8. The van der Waals surface area contributed by atoms with Crippen molar-refractivity contribution in [2.24, 2.45) is 0 Å². The van der Waals surface area contributed by atoms with Gasteiger partial charge >= 0.3 is 19.5 Å². The van der Waals surface area contributed by atoms with E-state index in [1.54, 1.807) is 49.6 Å². The number of halogens is 2. The van der Waals surface area contributed by atoms with Crippen molar-refractivity contribution in [1.29, 1.82) is 0 Å². The van der Waals surface area contributed by atoms with Crippen LogP contribution in [0.4, 0.5) is 0 Å². The number of hydrogen-bond acceptors (Lipinski definition) is 14. The quantitative estimate of drug-likeness (QED) is 0.119. The van der Waals surface area contributed by atoms with Crippen LogP contribution in [0.1, 0.15) is 11.1 Å². The number of benzene rings is 9. The van der Waals surface area contributed by atoms with Crippen molar-refractivity contribution in [2.45, 2.75) is 13.8 Å². The van der Waals surface area contributed by atoms with Gasteiger partial charge in [-0.1, -0.05) is 151 Å². The Bertz CT molecular complexity index is 6610. The zero-order valence-corrected chi connectivity index (χ0v) is 63.8. The zero-order valence-electron chi connectivity index (χ0n) is 60.6. The van der Waals surface area contributed by atoms with Crippen molar-refractivity contribution >= 4 is 153 Å². The molecule has 0 saturated heterocycles. The minimum absolute atomic E-state index is 0. The largest absolute Gasteiger partial charge is 2.00 e. The Morgan fingerprint density at radius 1 is 0.204 bits per heavy atom. The van der Waals surface area contributed by atoms with Gasteiger partial charge in [0.1, 0.15) is 11.6 Å². The molecular weight excluding hydrogens is 1530 g/mol. The molecule has 19 heteroatoms. The van der Waals surface area contributed by atoms with E-state index in [0.717, 1.165) is 187 Å². The summed E-state index contributed by atoms with van der Waals surface area (Å²) in [4.78, 5) is 64.9. The molecule has 23 aromatic rings. The van der Waals surface area contributed by atoms with Crippen molar-refractivity contribution in [3.63, 3.8) is 0 Å². The van der Waals surface area contributed by atoms with Gasteiger partial charge in [0.05, 0.1) is 88.3 Å². The van der Waals surface area contributed by atoms with E-state index in [9.17, 15) is 0 Å². The van der Waals surface area contributed by atoms with E-state index in [1.807, 2.05) is 97.6 Å². The van der Waals surface area contributed by atoms with Crippen LogP contribution in [0.15, 0.2) is 341 Å². The first-order chi connectivity index (χ1) is 54.4. The Labute approximate surface area is 671 Å². The Morgan fingerprint density at radius 2 is 0.416 bits per heavy atom. The molecule has 0 aliphatic heterocycles. The molecule has 113 heavy (non-hydrogen) atoms. The van der Waals surface area contributed by atoms with Gasteiger partial charge in [-0.2, -0.15) is 0 Å². The molecule has 0 atom stereocenters. The minimum atomic E-state index is 0. The van der Waals surface area contributed by atoms with Crippen LogP contribution in [0.3, 0.4) is 0 Å². The molecule has 0 amide bonds. The predicted molar refractivity (Wildman–Crippen MR) is 445 cm³/mol. The predicted octanol–water partition coefficient (Wildman–Crippen LogP) is 15.6. The van der Waals surface area contributed by atoms with Crippen LogP contribution < -0.4 is 24.8 Å². The molecule has 0 unspecified atom stereocenters. The van der Waals surface area contributed by atoms with Crippen molar-refractivity contribution < 1.29 is 44.3 Å². The van der Waals surface area contributed by atoms with E-state index in [0.29, 0.717) is 0 Å². The third-order valence-corrected chi connectivity index (χ3v) is 19.8. The first kappa shape index (κ1) is 73.2. The molecule has 9 aromatic carbocycles. The minimum Gasteiger partial charge on any atom is -1.00 e. The number of fused-ring (bicyclic) bond motifs is 24. The summed E-state index contributed by atoms with van der Waals surface area (Å²) in [5, 5.41) is 13.0. The Hall–Kier alpha value is -14.0. The van der Waals surface area contributed by atoms with Crippen molar-refractivity contribution in [3.8, 4) is 34.2 Å². The molecule has 0 aliphatic carbocycles. The van der Waals surface area contributed by atoms with Gasteiger partial charge in [0.15, 0.2) is 0 Å². The summed E-state index contributed by atoms with van der Waals surface area (Å²) >= 11 is 0. The van der Waals surface area contributed by atoms with Gasteiger partial charge in [-0.3, -0.25) is 68.9 Å². The number of rotatable bonds is 4. The van der Waals surface area contributed by atoms with E-state index in [2.05, 4.69) is 257 Å². The van der Waals surface area contributed by atoms with Gasteiger partial charge in [0.25, 0.3) is 0 Å². The van der Waals surface area contributed by atoms with E-state index >= 15 is 0 Å². The monoisotopic (exact) mass is 1590 g/mol. The van der Waals surface area contributed by atoms with Gasteiger partial charge in [0, 0.05) is 161 Å². The van der Waals surface area contributed by atoms with Crippen LogP contribution in [0.2, 0.25) is 0 Å². The van der Waals surface area contributed by atoms with Gasteiger partial charge in [-0.25, -0.2) is 9.97 Å². The summed E-state index contributed by atoms with van der Waals surface area (Å²) in [5.41, 5.74) is 21.3. The van der Waals surface area contributed by atoms with E-state index < -0.39 is 0 Å². The maximum absolute atomic E-state index is 5.46. The number of hydrogen-bond donors (Lipinski definition) is 0. The average molecular weight is 1590 g/mol. The maximum atomic E-state index is 5.46. The van der Waals surface area contributed by atoms with Crippen LogP contribution >= 0.6 is 0 Å². The number of aryl methyl sites for hydroxylation is 2. The van der Waals surface area contributed by atoms with Crippen molar-refractivity contribution in [1.82, 2.24) is 78.9 Å². The smallest absolute Gasteiger partial charge is 1.00 e. The molecule has 0 N–H and O–H groups in total. The molecule has 14 heterocycles. The molecule has 0 radical (unpaired) electrons. The maximum Gasteiger partial charge on any atom is 2.00 e. The van der Waals surface area contributed by atoms with E-state index in [-0.39, 0.29) is 44.3 Å². The molecule has 540 valence electrons. The average Bonchev–Trinajstić information content (AvgIpc) is 1.57. The van der Waals surface area contributed by atoms with E-state index in [1.165, 1.54) is 11.1 Å². The molecule has 14 aromatic heterocycles. The van der Waals surface area contributed by atoms with Crippen LogP contribution in [-0.2, 0) is 19.5 Å². The number of nitrogens with zero attached hydrogens (tertiary/aromatic N) is 16. The fourth-order valence-corrected chi connectivity index (χ4v) is 14.6. The second-order valence-electron chi connectivity index (χ2n) is 26.6. The fraction of sp³-hybridized carbons (Fsp3) is 0.0213. The zero-order chi connectivity index (χ0) is 73.4. The number of imidazole rings is 2. The van der Waals surface area contributed by atoms with Gasteiger partial charge in [-0.15, -0.1) is 0 Å². The Morgan fingerprint density at radius 3 is 0.664 bits per heavy atom. The number of aromatic nitrogens is 16. The summed E-state index contributed by atoms with van der Waals surface area (Å²) in [6.07, 6.45) is 21.7. The molecule has 23 rings (SSSR count). The van der Waals surface area contributed by atoms with Gasteiger partial charge in [-0.05, 0) is 141 Å². The van der Waals surface area contributed by atoms with Crippen LogP contribution in [0.25, 0.3) is 187 Å². The number of pyridine rings is 12. The van der Waals surface area contributed by atoms with Crippen molar-refractivity contribution in [3.05, 3.63) is 352 Å². The van der Waals surface area contributed by atoms with Crippen LogP contribution in [0, 0.1) is 13.8 Å². The molecule has 16 nitrogen and oxygen atoms in total. The van der Waals surface area contributed by atoms with Crippen LogP contribution in [0.5, 0.6) is 0 Å². The Balaban J connectivity index is 0.000000130. The molecule has 0 bridgehead atoms. The summed E-state index contributed by atoms with van der Waals surface area (Å²) in [5.74, 6) is 1.64. The summed E-state index contributed by atoms with van der Waals surface area (Å²) < 4.78 is 4.54. The molecule has 0 spiro atoms. The summed E-state index contributed by atoms with van der Waals surface area (Å²) in [6.45, 7) is 4.22. The van der Waals surface area contributed by atoms with Gasteiger partial charge < -0.3 is 24.8 Å². The topological polar surface area (TPSA) is 190 Å². The second-order valence-corrected chi connectivity index (χ2v) is 26.6. The first-order valence-electron chi connectivity index (χ1n) is 36.1. The van der Waals surface area contributed by atoms with E-state index in [4.69, 9.17) is 29.9 Å². The summed E-state index contributed by atoms with van der Waals surface area (Å²) in [6, 6.07) is 90.7. The summed E-state index contributed by atoms with van der Waals surface area (Å²) in [7, 11) is 0. The van der Waals surface area contributed by atoms with Crippen molar-refractivity contribution in [2.75, 3.05) is 0 Å². The standard InChI is InChI=1S/C46H30N8.4C12H8N2.2ClH.Ru/c1-27-14-18-31(19-15-27)53-43-35-12-6-24-49-39(35)37-33(10-4-22-47-37)41(43)51-45(53)29-8-3-9-30(26-29)46-52-42-34-11-5-23-48-38(34)40-36(13-7-25-50-40)44(42)54(46)32-20-16-28(2)17-21-32;4*1-3-9-5-6-10-4-2-8-14-12(10)11(9)13-7-1;;;/h3-26H,1-2H3;4*1-8H;2*1H;/q;;;;;;;+2/p-2. The first-order valence-corrected chi connectivity index (χ1v) is 36.1. The fourth-order valence-electron chi connectivity index (χ4n) is 14.6. The Kier molecular flexibility index (Phi) is 20.7. The molecule has 0 saturated carbocycles. The SMILES string of the molecule is Cc1ccc(-n2c(-c3cccc(-c4nc5c6cccnc6c6ncccc6c5n4-c4ccc(C)cc4)c3)nc3c4cccnc4c4ncccc4c32)cc1.[Cl-].[Cl-].[Ru+2].c1cnc2c(c1)ccc1cccnc12.c1cnc2c(c1)ccc1cccnc12.c1cnc2c(c1)ccc1cccnc12.c1cnc2c(c1)ccc1cccnc12. The van der Waals surface area contributed by atoms with Gasteiger partial charge in [0.2, 0.25) is 0 Å².